The highest BCUT2D eigenvalue weighted by atomic mass is 79.9. The Kier molecular flexibility index (Phi) is 3.81. The summed E-state index contributed by atoms with van der Waals surface area (Å²) < 4.78 is 0.851. The second-order valence-electron chi connectivity index (χ2n) is 4.91. The number of H-pyrrole nitrogens is 1. The summed E-state index contributed by atoms with van der Waals surface area (Å²) in [6.45, 7) is 0. The van der Waals surface area contributed by atoms with Gasteiger partial charge >= 0.3 is 0 Å². The highest BCUT2D eigenvalue weighted by Gasteiger charge is 2.14. The number of benzene rings is 2. The van der Waals surface area contributed by atoms with E-state index >= 15 is 0 Å². The van der Waals surface area contributed by atoms with Gasteiger partial charge in [0.25, 0.3) is 5.56 Å². The summed E-state index contributed by atoms with van der Waals surface area (Å²) in [6, 6.07) is 14.8. The normalized spacial score (nSPS) is 10.8. The molecule has 0 atom stereocenters. The molecule has 3 aromatic rings. The topological polar surface area (TPSA) is 73.0 Å². The molecule has 0 fully saturated rings. The first kappa shape index (κ1) is 14.5. The maximum absolute atomic E-state index is 12.3. The molecule has 1 heterocycles. The van der Waals surface area contributed by atoms with Gasteiger partial charge < -0.3 is 14.9 Å². The summed E-state index contributed by atoms with van der Waals surface area (Å²) >= 11 is 3.41. The fourth-order valence-electron chi connectivity index (χ4n) is 2.55. The minimum atomic E-state index is -1.28. The van der Waals surface area contributed by atoms with Crippen molar-refractivity contribution in [2.45, 2.75) is 6.42 Å². The Hall–Kier alpha value is -2.40. The summed E-state index contributed by atoms with van der Waals surface area (Å²) in [5.41, 5.74) is 1.89. The monoisotopic (exact) mass is 356 g/mol. The van der Waals surface area contributed by atoms with Crippen molar-refractivity contribution >= 4 is 32.8 Å². The van der Waals surface area contributed by atoms with Crippen LogP contribution < -0.4 is 10.7 Å². The smallest absolute Gasteiger partial charge is 0.252 e. The number of hydrogen-bond acceptors (Lipinski definition) is 3. The van der Waals surface area contributed by atoms with Gasteiger partial charge in [0.2, 0.25) is 0 Å². The number of aromatic nitrogens is 1. The van der Waals surface area contributed by atoms with Gasteiger partial charge in [0.05, 0.1) is 0 Å². The molecule has 0 spiro atoms. The lowest BCUT2D eigenvalue weighted by atomic mass is 9.95. The maximum atomic E-state index is 12.3. The Bertz CT molecular complexity index is 916. The zero-order chi connectivity index (χ0) is 15.7. The second kappa shape index (κ2) is 5.77. The molecule has 0 radical (unpaired) electrons. The van der Waals surface area contributed by atoms with E-state index in [1.54, 1.807) is 6.07 Å². The largest absolute Gasteiger partial charge is 0.550 e. The molecule has 0 amide bonds. The number of halogens is 1. The SMILES string of the molecule is O=C([O-])Cc1c(-c2ccccc2)c2cc(Br)ccc2[nH]c1=O. The third-order valence-electron chi connectivity index (χ3n) is 3.46. The Morgan fingerprint density at radius 3 is 2.55 bits per heavy atom. The van der Waals surface area contributed by atoms with Crippen molar-refractivity contribution in [3.05, 3.63) is 68.9 Å². The van der Waals surface area contributed by atoms with Gasteiger partial charge in [0, 0.05) is 38.9 Å². The first-order valence-corrected chi connectivity index (χ1v) is 7.45. The lowest BCUT2D eigenvalue weighted by Crippen LogP contribution is -2.28. The van der Waals surface area contributed by atoms with Crippen molar-refractivity contribution in [3.63, 3.8) is 0 Å². The van der Waals surface area contributed by atoms with Crippen LogP contribution in [0.25, 0.3) is 22.0 Å². The van der Waals surface area contributed by atoms with Crippen molar-refractivity contribution in [2.75, 3.05) is 0 Å². The number of carboxylic acid groups (broad SMARTS) is 1. The molecule has 110 valence electrons. The fourth-order valence-corrected chi connectivity index (χ4v) is 2.91. The fraction of sp³-hybridized carbons (Fsp3) is 0.0588. The summed E-state index contributed by atoms with van der Waals surface area (Å²) in [4.78, 5) is 26.1. The molecule has 5 heteroatoms. The van der Waals surface area contributed by atoms with Crippen LogP contribution in [-0.2, 0) is 11.2 Å². The van der Waals surface area contributed by atoms with Crippen molar-refractivity contribution in [1.82, 2.24) is 4.98 Å². The lowest BCUT2D eigenvalue weighted by molar-refractivity contribution is -0.304. The Morgan fingerprint density at radius 1 is 1.14 bits per heavy atom. The quantitative estimate of drug-likeness (QED) is 0.782. The van der Waals surface area contributed by atoms with Crippen LogP contribution in [0.4, 0.5) is 0 Å². The third kappa shape index (κ3) is 2.67. The molecule has 0 aliphatic rings. The summed E-state index contributed by atoms with van der Waals surface area (Å²) in [6.07, 6.45) is -0.429. The van der Waals surface area contributed by atoms with Crippen molar-refractivity contribution in [1.29, 1.82) is 0 Å². The van der Waals surface area contributed by atoms with Gasteiger partial charge in [0.1, 0.15) is 0 Å². The van der Waals surface area contributed by atoms with Crippen LogP contribution in [0.15, 0.2) is 57.8 Å². The predicted octanol–water partition coefficient (Wildman–Crippen LogP) is 2.25. The molecule has 3 rings (SSSR count). The van der Waals surface area contributed by atoms with Crippen LogP contribution in [0, 0.1) is 0 Å². The maximum Gasteiger partial charge on any atom is 0.252 e. The third-order valence-corrected chi connectivity index (χ3v) is 3.95. The van der Waals surface area contributed by atoms with Crippen LogP contribution in [0.1, 0.15) is 5.56 Å². The Morgan fingerprint density at radius 2 is 1.86 bits per heavy atom. The van der Waals surface area contributed by atoms with Gasteiger partial charge in [-0.25, -0.2) is 0 Å². The van der Waals surface area contributed by atoms with E-state index in [2.05, 4.69) is 20.9 Å². The van der Waals surface area contributed by atoms with Gasteiger partial charge in [-0.1, -0.05) is 46.3 Å². The molecule has 0 unspecified atom stereocenters. The van der Waals surface area contributed by atoms with Crippen LogP contribution in [0.2, 0.25) is 0 Å². The molecular weight excluding hydrogens is 346 g/mol. The number of aromatic amines is 1. The van der Waals surface area contributed by atoms with Crippen molar-refractivity contribution < 1.29 is 9.90 Å². The van der Waals surface area contributed by atoms with E-state index in [9.17, 15) is 14.7 Å². The summed E-state index contributed by atoms with van der Waals surface area (Å²) in [5.74, 6) is -1.28. The molecule has 2 aromatic carbocycles. The van der Waals surface area contributed by atoms with E-state index in [4.69, 9.17) is 0 Å². The number of aliphatic carboxylic acids is 1. The Labute approximate surface area is 134 Å². The molecule has 0 saturated carbocycles. The molecule has 0 bridgehead atoms. The van der Waals surface area contributed by atoms with Crippen molar-refractivity contribution in [2.24, 2.45) is 0 Å². The molecule has 1 N–H and O–H groups in total. The van der Waals surface area contributed by atoms with Gasteiger partial charge in [-0.3, -0.25) is 4.79 Å². The van der Waals surface area contributed by atoms with Crippen LogP contribution in [-0.4, -0.2) is 11.0 Å². The first-order chi connectivity index (χ1) is 10.6. The van der Waals surface area contributed by atoms with Crippen LogP contribution in [0.3, 0.4) is 0 Å². The lowest BCUT2D eigenvalue weighted by Gasteiger charge is -2.13. The number of nitrogens with one attached hydrogen (secondary N) is 1. The number of fused-ring (bicyclic) bond motifs is 1. The molecule has 22 heavy (non-hydrogen) atoms. The number of carbonyl (C=O) groups is 1. The van der Waals surface area contributed by atoms with E-state index in [1.165, 1.54) is 0 Å². The number of carboxylic acids is 1. The van der Waals surface area contributed by atoms with Crippen molar-refractivity contribution in [3.8, 4) is 11.1 Å². The minimum absolute atomic E-state index is 0.205. The molecule has 0 aliphatic heterocycles. The van der Waals surface area contributed by atoms with E-state index in [0.29, 0.717) is 11.1 Å². The van der Waals surface area contributed by atoms with E-state index in [1.807, 2.05) is 42.5 Å². The number of hydrogen-bond donors (Lipinski definition) is 1. The first-order valence-electron chi connectivity index (χ1n) is 6.66. The standard InChI is InChI=1S/C17H12BrNO3/c18-11-6-7-14-12(8-11)16(10-4-2-1-3-5-10)13(9-15(20)21)17(22)19-14/h1-8H,9H2,(H,19,22)(H,20,21)/p-1. The zero-order valence-electron chi connectivity index (χ0n) is 11.4. The molecule has 4 nitrogen and oxygen atoms in total. The average molecular weight is 357 g/mol. The number of rotatable bonds is 3. The molecule has 1 aromatic heterocycles. The van der Waals surface area contributed by atoms with E-state index in [-0.39, 0.29) is 5.56 Å². The van der Waals surface area contributed by atoms with E-state index < -0.39 is 17.9 Å². The predicted molar refractivity (Wildman–Crippen MR) is 86.4 cm³/mol. The number of carbonyl (C=O) groups excluding carboxylic acids is 1. The minimum Gasteiger partial charge on any atom is -0.550 e. The van der Waals surface area contributed by atoms with Gasteiger partial charge in [0.15, 0.2) is 0 Å². The molecule has 0 saturated heterocycles. The second-order valence-corrected chi connectivity index (χ2v) is 5.83. The average Bonchev–Trinajstić information content (AvgIpc) is 2.49. The number of pyridine rings is 1. The zero-order valence-corrected chi connectivity index (χ0v) is 13.0. The van der Waals surface area contributed by atoms with Gasteiger partial charge in [-0.05, 0) is 23.8 Å². The summed E-state index contributed by atoms with van der Waals surface area (Å²) in [5, 5.41) is 11.8. The van der Waals surface area contributed by atoms with Gasteiger partial charge in [-0.15, -0.1) is 0 Å². The van der Waals surface area contributed by atoms with Crippen LogP contribution >= 0.6 is 15.9 Å². The highest BCUT2D eigenvalue weighted by molar-refractivity contribution is 9.10. The molecule has 0 aliphatic carbocycles. The summed E-state index contributed by atoms with van der Waals surface area (Å²) in [7, 11) is 0. The van der Waals surface area contributed by atoms with Crippen LogP contribution in [0.5, 0.6) is 0 Å². The van der Waals surface area contributed by atoms with E-state index in [0.717, 1.165) is 15.4 Å². The molecular formula is C17H11BrNO3-. The highest BCUT2D eigenvalue weighted by Crippen LogP contribution is 2.31. The Balaban J connectivity index is 2.44. The van der Waals surface area contributed by atoms with Gasteiger partial charge in [-0.2, -0.15) is 0 Å².